The minimum absolute atomic E-state index is 0.0592. The van der Waals surface area contributed by atoms with Gasteiger partial charge in [-0.25, -0.2) is 4.98 Å². The van der Waals surface area contributed by atoms with Gasteiger partial charge in [-0.05, 0) is 36.8 Å². The molecule has 0 atom stereocenters. The highest BCUT2D eigenvalue weighted by Crippen LogP contribution is 2.21. The summed E-state index contributed by atoms with van der Waals surface area (Å²) >= 11 is 0. The Labute approximate surface area is 167 Å². The number of hydrogen-bond acceptors (Lipinski definition) is 5. The molecule has 2 amide bonds. The smallest absolute Gasteiger partial charge is 0.255 e. The van der Waals surface area contributed by atoms with E-state index in [0.29, 0.717) is 48.9 Å². The van der Waals surface area contributed by atoms with Gasteiger partial charge < -0.3 is 15.0 Å². The normalized spacial score (nSPS) is 13.9. The van der Waals surface area contributed by atoms with Gasteiger partial charge in [0.2, 0.25) is 0 Å². The van der Waals surface area contributed by atoms with Crippen molar-refractivity contribution in [2.75, 3.05) is 31.6 Å². The van der Waals surface area contributed by atoms with Crippen molar-refractivity contribution in [1.29, 1.82) is 0 Å². The van der Waals surface area contributed by atoms with Gasteiger partial charge in [0, 0.05) is 35.5 Å². The van der Waals surface area contributed by atoms with Crippen molar-refractivity contribution in [3.8, 4) is 11.4 Å². The summed E-state index contributed by atoms with van der Waals surface area (Å²) in [4.78, 5) is 31.4. The molecule has 1 aliphatic rings. The third-order valence-corrected chi connectivity index (χ3v) is 4.84. The quantitative estimate of drug-likeness (QED) is 0.712. The van der Waals surface area contributed by atoms with Gasteiger partial charge >= 0.3 is 0 Å². The summed E-state index contributed by atoms with van der Waals surface area (Å²) in [6.07, 6.45) is 1.42. The van der Waals surface area contributed by atoms with E-state index in [4.69, 9.17) is 4.74 Å². The van der Waals surface area contributed by atoms with E-state index in [1.165, 1.54) is 6.33 Å². The van der Waals surface area contributed by atoms with E-state index < -0.39 is 0 Å². The van der Waals surface area contributed by atoms with Gasteiger partial charge in [0.1, 0.15) is 6.33 Å². The summed E-state index contributed by atoms with van der Waals surface area (Å²) in [6, 6.07) is 12.5. The Morgan fingerprint density at radius 3 is 2.69 bits per heavy atom. The fourth-order valence-corrected chi connectivity index (χ4v) is 3.19. The van der Waals surface area contributed by atoms with Crippen molar-refractivity contribution in [2.24, 2.45) is 0 Å². The number of aromatic nitrogens is 3. The number of aryl methyl sites for hydroxylation is 1. The van der Waals surface area contributed by atoms with Crippen molar-refractivity contribution in [3.63, 3.8) is 0 Å². The lowest BCUT2D eigenvalue weighted by atomic mass is 10.1. The molecule has 29 heavy (non-hydrogen) atoms. The van der Waals surface area contributed by atoms with Crippen LogP contribution in [0, 0.1) is 6.92 Å². The van der Waals surface area contributed by atoms with E-state index in [1.54, 1.807) is 35.2 Å². The van der Waals surface area contributed by atoms with E-state index in [-0.39, 0.29) is 11.8 Å². The highest BCUT2D eigenvalue weighted by molar-refractivity contribution is 6.06. The summed E-state index contributed by atoms with van der Waals surface area (Å²) < 4.78 is 5.31. The van der Waals surface area contributed by atoms with E-state index >= 15 is 0 Å². The van der Waals surface area contributed by atoms with Crippen molar-refractivity contribution in [1.82, 2.24) is 20.1 Å². The number of aromatic amines is 1. The fourth-order valence-electron chi connectivity index (χ4n) is 3.19. The minimum atomic E-state index is -0.259. The first-order valence-electron chi connectivity index (χ1n) is 9.36. The Hall–Kier alpha value is -3.52. The molecule has 0 spiro atoms. The van der Waals surface area contributed by atoms with Crippen LogP contribution in [0.5, 0.6) is 0 Å². The molecule has 148 valence electrons. The first kappa shape index (κ1) is 18.8. The van der Waals surface area contributed by atoms with Crippen molar-refractivity contribution >= 4 is 17.5 Å². The molecule has 0 aliphatic carbocycles. The van der Waals surface area contributed by atoms with Crippen LogP contribution < -0.4 is 5.32 Å². The number of carbonyl (C=O) groups is 2. The van der Waals surface area contributed by atoms with Gasteiger partial charge in [0.15, 0.2) is 5.82 Å². The van der Waals surface area contributed by atoms with E-state index in [1.807, 2.05) is 19.1 Å². The first-order chi connectivity index (χ1) is 14.1. The van der Waals surface area contributed by atoms with Gasteiger partial charge in [-0.15, -0.1) is 0 Å². The molecule has 3 aromatic rings. The Morgan fingerprint density at radius 1 is 1.10 bits per heavy atom. The summed E-state index contributed by atoms with van der Waals surface area (Å²) in [5.41, 5.74) is 3.29. The molecule has 8 nitrogen and oxygen atoms in total. The van der Waals surface area contributed by atoms with Crippen LogP contribution in [0.3, 0.4) is 0 Å². The SMILES string of the molecule is Cc1ccc(C(=O)N2CCOCC2)cc1NC(=O)c1cccc(-c2ncn[nH]2)c1. The van der Waals surface area contributed by atoms with E-state index in [2.05, 4.69) is 20.5 Å². The van der Waals surface area contributed by atoms with Crippen molar-refractivity contribution in [2.45, 2.75) is 6.92 Å². The maximum Gasteiger partial charge on any atom is 0.255 e. The molecule has 2 N–H and O–H groups in total. The topological polar surface area (TPSA) is 100 Å². The number of amides is 2. The number of nitrogens with one attached hydrogen (secondary N) is 2. The maximum absolute atomic E-state index is 12.8. The minimum Gasteiger partial charge on any atom is -0.378 e. The lowest BCUT2D eigenvalue weighted by Gasteiger charge is -2.27. The molecule has 1 aliphatic heterocycles. The van der Waals surface area contributed by atoms with Crippen LogP contribution in [0.1, 0.15) is 26.3 Å². The van der Waals surface area contributed by atoms with Crippen LogP contribution in [0.25, 0.3) is 11.4 Å². The second-order valence-corrected chi connectivity index (χ2v) is 6.80. The molecule has 2 aromatic carbocycles. The number of benzene rings is 2. The maximum atomic E-state index is 12.8. The number of ether oxygens (including phenoxy) is 1. The average molecular weight is 391 g/mol. The molecule has 0 unspecified atom stereocenters. The van der Waals surface area contributed by atoms with Gasteiger partial charge in [-0.2, -0.15) is 5.10 Å². The van der Waals surface area contributed by atoms with Gasteiger partial charge in [0.25, 0.3) is 11.8 Å². The Bertz CT molecular complexity index is 1030. The van der Waals surface area contributed by atoms with Gasteiger partial charge in [-0.1, -0.05) is 18.2 Å². The number of H-pyrrole nitrogens is 1. The lowest BCUT2D eigenvalue weighted by molar-refractivity contribution is 0.0303. The van der Waals surface area contributed by atoms with E-state index in [0.717, 1.165) is 11.1 Å². The number of hydrogen-bond donors (Lipinski definition) is 2. The highest BCUT2D eigenvalue weighted by atomic mass is 16.5. The number of anilines is 1. The lowest BCUT2D eigenvalue weighted by Crippen LogP contribution is -2.40. The summed E-state index contributed by atoms with van der Waals surface area (Å²) in [6.45, 7) is 4.13. The number of rotatable bonds is 4. The molecule has 1 saturated heterocycles. The molecule has 4 rings (SSSR count). The van der Waals surface area contributed by atoms with Crippen LogP contribution in [0.15, 0.2) is 48.8 Å². The highest BCUT2D eigenvalue weighted by Gasteiger charge is 2.19. The van der Waals surface area contributed by atoms with Crippen LogP contribution in [0.2, 0.25) is 0 Å². The van der Waals surface area contributed by atoms with Crippen molar-refractivity contribution in [3.05, 3.63) is 65.5 Å². The first-order valence-corrected chi connectivity index (χ1v) is 9.36. The zero-order valence-electron chi connectivity index (χ0n) is 16.0. The zero-order chi connectivity index (χ0) is 20.2. The van der Waals surface area contributed by atoms with Crippen LogP contribution >= 0.6 is 0 Å². The third-order valence-electron chi connectivity index (χ3n) is 4.84. The largest absolute Gasteiger partial charge is 0.378 e. The Balaban J connectivity index is 1.54. The molecule has 8 heteroatoms. The number of morpholine rings is 1. The molecule has 0 radical (unpaired) electrons. The number of carbonyl (C=O) groups excluding carboxylic acids is 2. The molecule has 0 saturated carbocycles. The second kappa shape index (κ2) is 8.24. The summed E-state index contributed by atoms with van der Waals surface area (Å²) in [5.74, 6) is 0.274. The monoisotopic (exact) mass is 391 g/mol. The average Bonchev–Trinajstić information content (AvgIpc) is 3.30. The standard InChI is InChI=1S/C21H21N5O3/c1-14-5-6-17(21(28)26-7-9-29-10-8-26)12-18(14)24-20(27)16-4-2-3-15(11-16)19-22-13-23-25-19/h2-6,11-13H,7-10H2,1H3,(H,24,27)(H,22,23,25). The molecular formula is C21H21N5O3. The predicted octanol–water partition coefficient (Wildman–Crippen LogP) is 2.50. The Kier molecular flexibility index (Phi) is 5.35. The van der Waals surface area contributed by atoms with Crippen LogP contribution in [0.4, 0.5) is 5.69 Å². The molecule has 2 heterocycles. The van der Waals surface area contributed by atoms with E-state index in [9.17, 15) is 9.59 Å². The summed E-state index contributed by atoms with van der Waals surface area (Å²) in [5, 5.41) is 9.54. The fraction of sp³-hybridized carbons (Fsp3) is 0.238. The molecule has 0 bridgehead atoms. The molecule has 1 fully saturated rings. The van der Waals surface area contributed by atoms with Crippen LogP contribution in [-0.2, 0) is 4.74 Å². The summed E-state index contributed by atoms with van der Waals surface area (Å²) in [7, 11) is 0. The van der Waals surface area contributed by atoms with Crippen molar-refractivity contribution < 1.29 is 14.3 Å². The molecular weight excluding hydrogens is 370 g/mol. The molecule has 1 aromatic heterocycles. The predicted molar refractivity (Wildman–Crippen MR) is 108 cm³/mol. The van der Waals surface area contributed by atoms with Gasteiger partial charge in [0.05, 0.1) is 13.2 Å². The number of nitrogens with zero attached hydrogens (tertiary/aromatic N) is 3. The zero-order valence-corrected chi connectivity index (χ0v) is 16.0. The second-order valence-electron chi connectivity index (χ2n) is 6.80. The Morgan fingerprint density at radius 2 is 1.93 bits per heavy atom. The van der Waals surface area contributed by atoms with Crippen LogP contribution in [-0.4, -0.2) is 58.2 Å². The van der Waals surface area contributed by atoms with Gasteiger partial charge in [-0.3, -0.25) is 14.7 Å². The third kappa shape index (κ3) is 4.17.